The Morgan fingerprint density at radius 2 is 2.15 bits per heavy atom. The maximum absolute atomic E-state index is 11.3. The van der Waals surface area contributed by atoms with E-state index >= 15 is 0 Å². The van der Waals surface area contributed by atoms with Gasteiger partial charge in [0.15, 0.2) is 0 Å². The zero-order valence-electron chi connectivity index (χ0n) is 16.3. The molecule has 2 aliphatic rings. The van der Waals surface area contributed by atoms with Gasteiger partial charge in [0.25, 0.3) is 0 Å². The van der Waals surface area contributed by atoms with E-state index in [1.807, 2.05) is 26.0 Å². The van der Waals surface area contributed by atoms with E-state index in [4.69, 9.17) is 11.6 Å². The molecule has 3 rings (SSSR count). The van der Waals surface area contributed by atoms with Gasteiger partial charge >= 0.3 is 5.97 Å². The molecule has 1 saturated heterocycles. The SMILES string of the molecule is CC(C)(CCCCC(c1ccccc1Cl)N1CCC2NC=CC2C1)C(=O)O. The van der Waals surface area contributed by atoms with Crippen molar-refractivity contribution in [2.24, 2.45) is 11.3 Å². The molecule has 27 heavy (non-hydrogen) atoms. The highest BCUT2D eigenvalue weighted by Crippen LogP contribution is 2.36. The summed E-state index contributed by atoms with van der Waals surface area (Å²) in [5.74, 6) is -0.151. The third-order valence-corrected chi connectivity index (χ3v) is 6.50. The minimum absolute atomic E-state index is 0.293. The summed E-state index contributed by atoms with van der Waals surface area (Å²) in [6, 6.07) is 9.02. The summed E-state index contributed by atoms with van der Waals surface area (Å²) in [7, 11) is 0. The number of hydrogen-bond acceptors (Lipinski definition) is 3. The summed E-state index contributed by atoms with van der Waals surface area (Å²) in [6.07, 6.45) is 9.16. The van der Waals surface area contributed by atoms with Gasteiger partial charge in [0.05, 0.1) is 5.41 Å². The van der Waals surface area contributed by atoms with Crippen LogP contribution in [0.3, 0.4) is 0 Å². The number of hydrogen-bond donors (Lipinski definition) is 2. The molecule has 1 aromatic carbocycles. The number of carboxylic acids is 1. The van der Waals surface area contributed by atoms with Crippen molar-refractivity contribution in [3.63, 3.8) is 0 Å². The van der Waals surface area contributed by atoms with Crippen molar-refractivity contribution in [1.29, 1.82) is 0 Å². The van der Waals surface area contributed by atoms with Gasteiger partial charge in [-0.1, -0.05) is 48.7 Å². The Morgan fingerprint density at radius 1 is 1.37 bits per heavy atom. The number of likely N-dealkylation sites (tertiary alicyclic amines) is 1. The van der Waals surface area contributed by atoms with Crippen LogP contribution in [0.25, 0.3) is 0 Å². The summed E-state index contributed by atoms with van der Waals surface area (Å²) >= 11 is 6.55. The topological polar surface area (TPSA) is 52.6 Å². The number of piperidine rings is 1. The predicted octanol–water partition coefficient (Wildman–Crippen LogP) is 4.86. The normalized spacial score (nSPS) is 23.7. The molecule has 3 unspecified atom stereocenters. The number of halogens is 1. The van der Waals surface area contributed by atoms with E-state index < -0.39 is 11.4 Å². The van der Waals surface area contributed by atoms with Crippen molar-refractivity contribution >= 4 is 17.6 Å². The maximum atomic E-state index is 11.3. The van der Waals surface area contributed by atoms with Crippen LogP contribution in [0.2, 0.25) is 5.02 Å². The number of rotatable bonds is 8. The third kappa shape index (κ3) is 4.85. The lowest BCUT2D eigenvalue weighted by molar-refractivity contribution is -0.147. The largest absolute Gasteiger partial charge is 0.481 e. The fourth-order valence-corrected chi connectivity index (χ4v) is 4.55. The molecule has 0 amide bonds. The molecule has 0 saturated carbocycles. The number of unbranched alkanes of at least 4 members (excludes halogenated alkanes) is 1. The molecule has 5 heteroatoms. The summed E-state index contributed by atoms with van der Waals surface area (Å²) < 4.78 is 0. The Morgan fingerprint density at radius 3 is 2.89 bits per heavy atom. The molecule has 0 bridgehead atoms. The Bertz CT molecular complexity index is 689. The molecule has 2 aliphatic heterocycles. The molecule has 0 spiro atoms. The summed E-state index contributed by atoms with van der Waals surface area (Å²) in [5, 5.41) is 13.6. The second kappa shape index (κ2) is 8.66. The van der Waals surface area contributed by atoms with E-state index in [0.717, 1.165) is 43.8 Å². The smallest absolute Gasteiger partial charge is 0.309 e. The molecule has 3 atom stereocenters. The van der Waals surface area contributed by atoms with Crippen LogP contribution in [-0.2, 0) is 4.79 Å². The highest BCUT2D eigenvalue weighted by atomic mass is 35.5. The van der Waals surface area contributed by atoms with Crippen LogP contribution in [0.15, 0.2) is 36.5 Å². The van der Waals surface area contributed by atoms with E-state index in [9.17, 15) is 9.90 Å². The van der Waals surface area contributed by atoms with Crippen LogP contribution in [0, 0.1) is 11.3 Å². The lowest BCUT2D eigenvalue weighted by atomic mass is 9.86. The van der Waals surface area contributed by atoms with Gasteiger partial charge < -0.3 is 10.4 Å². The Kier molecular flexibility index (Phi) is 6.48. The average Bonchev–Trinajstić information content (AvgIpc) is 3.10. The van der Waals surface area contributed by atoms with Gasteiger partial charge in [0, 0.05) is 36.1 Å². The standard InChI is InChI=1S/C22H31ClN2O2/c1-22(2,21(26)27)12-6-5-9-20(17-7-3-4-8-18(17)23)25-14-11-19-16(15-25)10-13-24-19/h3-4,7-8,10,13,16,19-20,24H,5-6,9,11-12,14-15H2,1-2H3,(H,26,27). The fourth-order valence-electron chi connectivity index (χ4n) is 4.29. The molecule has 0 aliphatic carbocycles. The lowest BCUT2D eigenvalue weighted by Gasteiger charge is -2.40. The molecule has 4 nitrogen and oxygen atoms in total. The number of nitrogens with zero attached hydrogens (tertiary/aromatic N) is 1. The van der Waals surface area contributed by atoms with E-state index in [1.54, 1.807) is 0 Å². The first-order valence-corrected chi connectivity index (χ1v) is 10.4. The van der Waals surface area contributed by atoms with Gasteiger partial charge in [-0.3, -0.25) is 9.69 Å². The highest BCUT2D eigenvalue weighted by Gasteiger charge is 2.34. The number of carbonyl (C=O) groups is 1. The van der Waals surface area contributed by atoms with Gasteiger partial charge in [0.2, 0.25) is 0 Å². The molecule has 1 fully saturated rings. The summed E-state index contributed by atoms with van der Waals surface area (Å²) in [4.78, 5) is 13.9. The third-order valence-electron chi connectivity index (χ3n) is 6.16. The van der Waals surface area contributed by atoms with E-state index in [1.165, 1.54) is 5.56 Å². The zero-order valence-corrected chi connectivity index (χ0v) is 17.1. The summed E-state index contributed by atoms with van der Waals surface area (Å²) in [5.41, 5.74) is 0.545. The Balaban J connectivity index is 1.66. The first kappa shape index (κ1) is 20.2. The number of fused-ring (bicyclic) bond motifs is 1. The van der Waals surface area contributed by atoms with Crippen LogP contribution in [0.5, 0.6) is 0 Å². The van der Waals surface area contributed by atoms with Crippen LogP contribution in [0.4, 0.5) is 0 Å². The average molecular weight is 391 g/mol. The van der Waals surface area contributed by atoms with Crippen molar-refractivity contribution in [2.45, 2.75) is 58.0 Å². The van der Waals surface area contributed by atoms with E-state index in [2.05, 4.69) is 34.6 Å². The molecule has 1 aromatic rings. The van der Waals surface area contributed by atoms with Gasteiger partial charge in [-0.05, 0) is 50.9 Å². The van der Waals surface area contributed by atoms with Crippen LogP contribution in [-0.4, -0.2) is 35.1 Å². The molecule has 2 heterocycles. The molecule has 0 aromatic heterocycles. The van der Waals surface area contributed by atoms with Crippen molar-refractivity contribution in [1.82, 2.24) is 10.2 Å². The quantitative estimate of drug-likeness (QED) is 0.622. The number of carboxylic acid groups (broad SMARTS) is 1. The number of nitrogens with one attached hydrogen (secondary N) is 1. The molecular weight excluding hydrogens is 360 g/mol. The second-order valence-corrected chi connectivity index (χ2v) is 8.96. The Hall–Kier alpha value is -1.52. The van der Waals surface area contributed by atoms with Gasteiger partial charge in [-0.25, -0.2) is 0 Å². The zero-order chi connectivity index (χ0) is 19.4. The molecule has 2 N–H and O–H groups in total. The van der Waals surface area contributed by atoms with Crippen molar-refractivity contribution in [3.05, 3.63) is 47.1 Å². The minimum Gasteiger partial charge on any atom is -0.481 e. The second-order valence-electron chi connectivity index (χ2n) is 8.55. The number of benzene rings is 1. The van der Waals surface area contributed by atoms with Crippen LogP contribution >= 0.6 is 11.6 Å². The van der Waals surface area contributed by atoms with E-state index in [-0.39, 0.29) is 0 Å². The highest BCUT2D eigenvalue weighted by molar-refractivity contribution is 6.31. The maximum Gasteiger partial charge on any atom is 0.309 e. The lowest BCUT2D eigenvalue weighted by Crippen LogP contribution is -2.46. The molecule has 0 radical (unpaired) electrons. The van der Waals surface area contributed by atoms with E-state index in [0.29, 0.717) is 24.4 Å². The van der Waals surface area contributed by atoms with Crippen molar-refractivity contribution < 1.29 is 9.90 Å². The van der Waals surface area contributed by atoms with Gasteiger partial charge in [0.1, 0.15) is 0 Å². The monoisotopic (exact) mass is 390 g/mol. The Labute approximate surface area is 167 Å². The number of aliphatic carboxylic acids is 1. The minimum atomic E-state index is -0.715. The molecule has 148 valence electrons. The van der Waals surface area contributed by atoms with Gasteiger partial charge in [-0.2, -0.15) is 0 Å². The molecular formula is C22H31ClN2O2. The van der Waals surface area contributed by atoms with Crippen molar-refractivity contribution in [3.8, 4) is 0 Å². The van der Waals surface area contributed by atoms with Crippen LogP contribution in [0.1, 0.15) is 57.6 Å². The fraction of sp³-hybridized carbons (Fsp3) is 0.591. The summed E-state index contributed by atoms with van der Waals surface area (Å²) in [6.45, 7) is 5.73. The first-order chi connectivity index (χ1) is 12.9. The van der Waals surface area contributed by atoms with Crippen molar-refractivity contribution in [2.75, 3.05) is 13.1 Å². The first-order valence-electron chi connectivity index (χ1n) is 10.0. The predicted molar refractivity (Wildman–Crippen MR) is 110 cm³/mol. The van der Waals surface area contributed by atoms with Crippen LogP contribution < -0.4 is 5.32 Å². The van der Waals surface area contributed by atoms with Gasteiger partial charge in [-0.15, -0.1) is 0 Å².